The zero-order chi connectivity index (χ0) is 29.4. The predicted molar refractivity (Wildman–Crippen MR) is 184 cm³/mol. The Labute approximate surface area is 276 Å². The fraction of sp³-hybridized carbons (Fsp3) is 0.323. The number of benzene rings is 3. The molecule has 0 aliphatic carbocycles. The third-order valence-corrected chi connectivity index (χ3v) is 6.83. The van der Waals surface area contributed by atoms with Crippen molar-refractivity contribution in [1.82, 2.24) is 9.97 Å². The number of nitrogens with zero attached hydrogens (tertiary/aromatic N) is 2. The number of carbonyl (C=O) groups excluding carboxylic acids is 2. The van der Waals surface area contributed by atoms with Gasteiger partial charge in [0.15, 0.2) is 0 Å². The van der Waals surface area contributed by atoms with E-state index in [4.69, 9.17) is 20.9 Å². The molecule has 0 aliphatic heterocycles. The summed E-state index contributed by atoms with van der Waals surface area (Å²) in [6, 6.07) is 16.0. The minimum atomic E-state index is -0.357. The van der Waals surface area contributed by atoms with Crippen LogP contribution in [0.25, 0.3) is 11.0 Å². The van der Waals surface area contributed by atoms with Crippen molar-refractivity contribution < 1.29 is 19.1 Å². The van der Waals surface area contributed by atoms with Crippen LogP contribution in [0.4, 0.5) is 11.4 Å². The number of fused-ring (bicyclic) bond motifs is 1. The van der Waals surface area contributed by atoms with Crippen molar-refractivity contribution in [1.29, 1.82) is 0 Å². The second-order valence-corrected chi connectivity index (χ2v) is 9.85. The third kappa shape index (κ3) is 9.23. The highest BCUT2D eigenvalue weighted by Gasteiger charge is 2.21. The molecular formula is C31H41Cl3N6O4. The first-order valence-electron chi connectivity index (χ1n) is 13.7. The molecule has 10 nitrogen and oxygen atoms in total. The highest BCUT2D eigenvalue weighted by atomic mass is 35.5. The van der Waals surface area contributed by atoms with Crippen molar-refractivity contribution in [3.8, 4) is 11.5 Å². The predicted octanol–water partition coefficient (Wildman–Crippen LogP) is 6.03. The van der Waals surface area contributed by atoms with Crippen molar-refractivity contribution in [2.45, 2.75) is 39.2 Å². The quantitative estimate of drug-likeness (QED) is 0.127. The van der Waals surface area contributed by atoms with E-state index in [1.54, 1.807) is 42.3 Å². The normalized spacial score (nSPS) is 10.2. The number of aryl methyl sites for hydroxylation is 1. The summed E-state index contributed by atoms with van der Waals surface area (Å²) in [5, 5.41) is 2.88. The zero-order valence-electron chi connectivity index (χ0n) is 25.1. The summed E-state index contributed by atoms with van der Waals surface area (Å²) in [7, 11) is 3.20. The molecule has 4 rings (SSSR count). The molecule has 0 spiro atoms. The highest BCUT2D eigenvalue weighted by Crippen LogP contribution is 2.32. The van der Waals surface area contributed by atoms with Crippen LogP contribution in [0.5, 0.6) is 11.5 Å². The molecule has 0 unspecified atom stereocenters. The van der Waals surface area contributed by atoms with Gasteiger partial charge in [0.1, 0.15) is 22.8 Å². The molecule has 0 saturated heterocycles. The molecule has 0 aliphatic rings. The van der Waals surface area contributed by atoms with E-state index in [9.17, 15) is 9.59 Å². The molecule has 240 valence electrons. The number of para-hydroxylation sites is 1. The monoisotopic (exact) mass is 666 g/mol. The molecule has 44 heavy (non-hydrogen) atoms. The average molecular weight is 668 g/mol. The van der Waals surface area contributed by atoms with E-state index in [0.29, 0.717) is 58.5 Å². The average Bonchev–Trinajstić information content (AvgIpc) is 3.42. The molecule has 2 amide bonds. The summed E-state index contributed by atoms with van der Waals surface area (Å²) in [5.74, 6) is 1.00. The van der Waals surface area contributed by atoms with Gasteiger partial charge in [0.05, 0.1) is 42.7 Å². The maximum Gasteiger partial charge on any atom is 0.258 e. The van der Waals surface area contributed by atoms with Crippen LogP contribution in [0.1, 0.15) is 57.8 Å². The number of methoxy groups -OCH3 is 1. The number of imidazole rings is 1. The van der Waals surface area contributed by atoms with Gasteiger partial charge >= 0.3 is 0 Å². The Morgan fingerprint density at radius 1 is 0.955 bits per heavy atom. The van der Waals surface area contributed by atoms with Crippen molar-refractivity contribution >= 4 is 71.4 Å². The van der Waals surface area contributed by atoms with Crippen LogP contribution in [-0.2, 0) is 6.54 Å². The molecule has 0 atom stereocenters. The summed E-state index contributed by atoms with van der Waals surface area (Å²) in [5.41, 5.74) is 15.5. The number of nitrogens with two attached hydrogens (primary N) is 2. The van der Waals surface area contributed by atoms with Gasteiger partial charge in [0, 0.05) is 12.6 Å². The van der Waals surface area contributed by atoms with E-state index in [0.717, 1.165) is 36.8 Å². The number of anilines is 2. The summed E-state index contributed by atoms with van der Waals surface area (Å²) in [6.45, 7) is 3.48. The van der Waals surface area contributed by atoms with Crippen LogP contribution in [0, 0.1) is 6.92 Å². The third-order valence-electron chi connectivity index (χ3n) is 6.83. The summed E-state index contributed by atoms with van der Waals surface area (Å²) >= 11 is 0. The Balaban J connectivity index is 0.00000323. The lowest BCUT2D eigenvalue weighted by molar-refractivity contribution is 0.0990. The molecule has 0 fully saturated rings. The van der Waals surface area contributed by atoms with Gasteiger partial charge in [0.25, 0.3) is 11.8 Å². The van der Waals surface area contributed by atoms with E-state index in [1.807, 2.05) is 31.2 Å². The largest absolute Gasteiger partial charge is 0.495 e. The maximum atomic E-state index is 13.5. The Kier molecular flexibility index (Phi) is 16.0. The SMILES string of the molecule is COc1cc(C(=O)N(C)c2ccc(C)cc2OCCCCCCN)ccc1NC(=O)c1cccc2[nH]c(CN)nc12.Cl.Cl.Cl. The van der Waals surface area contributed by atoms with Crippen LogP contribution >= 0.6 is 37.2 Å². The smallest absolute Gasteiger partial charge is 0.258 e. The van der Waals surface area contributed by atoms with Crippen molar-refractivity contribution in [2.75, 3.05) is 37.5 Å². The van der Waals surface area contributed by atoms with Gasteiger partial charge in [-0.3, -0.25) is 9.59 Å². The van der Waals surface area contributed by atoms with Gasteiger partial charge in [-0.2, -0.15) is 0 Å². The van der Waals surface area contributed by atoms with Gasteiger partial charge in [-0.25, -0.2) is 4.98 Å². The first-order chi connectivity index (χ1) is 19.9. The van der Waals surface area contributed by atoms with E-state index < -0.39 is 0 Å². The lowest BCUT2D eigenvalue weighted by Crippen LogP contribution is -2.27. The topological polar surface area (TPSA) is 149 Å². The lowest BCUT2D eigenvalue weighted by atomic mass is 10.1. The molecule has 0 radical (unpaired) electrons. The fourth-order valence-corrected chi connectivity index (χ4v) is 4.58. The van der Waals surface area contributed by atoms with Crippen molar-refractivity contribution in [3.05, 3.63) is 77.1 Å². The van der Waals surface area contributed by atoms with E-state index >= 15 is 0 Å². The minimum absolute atomic E-state index is 0. The number of amides is 2. The second-order valence-electron chi connectivity index (χ2n) is 9.85. The van der Waals surface area contributed by atoms with Crippen molar-refractivity contribution in [2.24, 2.45) is 11.5 Å². The molecule has 6 N–H and O–H groups in total. The molecule has 4 aromatic rings. The number of aromatic nitrogens is 2. The number of hydrogen-bond donors (Lipinski definition) is 4. The molecule has 1 heterocycles. The number of aromatic amines is 1. The maximum absolute atomic E-state index is 13.5. The standard InChI is InChI=1S/C31H38N6O4.3ClH/c1-20-11-14-25(27(17-20)41-16-7-5-4-6-15-32)37(2)31(39)21-12-13-23(26(18-21)40-3)35-30(38)22-9-8-10-24-29(22)36-28(19-33)34-24;;;/h8-14,17-18H,4-7,15-16,19,32-33H2,1-3H3,(H,34,36)(H,35,38);3*1H. The Morgan fingerprint density at radius 2 is 1.70 bits per heavy atom. The number of ether oxygens (including phenoxy) is 2. The Morgan fingerprint density at radius 3 is 2.41 bits per heavy atom. The van der Waals surface area contributed by atoms with Gasteiger partial charge in [-0.1, -0.05) is 25.0 Å². The Bertz CT molecular complexity index is 1530. The molecule has 1 aromatic heterocycles. The summed E-state index contributed by atoms with van der Waals surface area (Å²) in [6.07, 6.45) is 4.04. The fourth-order valence-electron chi connectivity index (χ4n) is 4.58. The number of carbonyl (C=O) groups is 2. The van der Waals surface area contributed by atoms with Gasteiger partial charge in [-0.15, -0.1) is 37.2 Å². The van der Waals surface area contributed by atoms with Crippen LogP contribution in [0.3, 0.4) is 0 Å². The number of unbranched alkanes of at least 4 members (excludes halogenated alkanes) is 3. The first kappa shape index (κ1) is 38.5. The number of nitrogens with one attached hydrogen (secondary N) is 2. The molecular weight excluding hydrogens is 627 g/mol. The van der Waals surface area contributed by atoms with E-state index in [1.165, 1.54) is 7.11 Å². The lowest BCUT2D eigenvalue weighted by Gasteiger charge is -2.22. The molecule has 0 bridgehead atoms. The minimum Gasteiger partial charge on any atom is -0.495 e. The first-order valence-corrected chi connectivity index (χ1v) is 13.7. The molecule has 13 heteroatoms. The second kappa shape index (κ2) is 18.3. The van der Waals surface area contributed by atoms with Crippen LogP contribution < -0.4 is 31.2 Å². The molecule has 3 aromatic carbocycles. The van der Waals surface area contributed by atoms with Crippen molar-refractivity contribution in [3.63, 3.8) is 0 Å². The number of halogens is 3. The van der Waals surface area contributed by atoms with Gasteiger partial charge in [0.2, 0.25) is 0 Å². The summed E-state index contributed by atoms with van der Waals surface area (Å²) in [4.78, 5) is 35.8. The van der Waals surface area contributed by atoms with E-state index in [2.05, 4.69) is 15.3 Å². The van der Waals surface area contributed by atoms with Gasteiger partial charge in [-0.05, 0) is 74.3 Å². The zero-order valence-corrected chi connectivity index (χ0v) is 27.5. The summed E-state index contributed by atoms with van der Waals surface area (Å²) < 4.78 is 11.6. The van der Waals surface area contributed by atoms with Crippen LogP contribution in [0.2, 0.25) is 0 Å². The number of H-pyrrole nitrogens is 1. The van der Waals surface area contributed by atoms with E-state index in [-0.39, 0.29) is 55.6 Å². The molecule has 0 saturated carbocycles. The van der Waals surface area contributed by atoms with Crippen LogP contribution in [0.15, 0.2) is 54.6 Å². The highest BCUT2D eigenvalue weighted by molar-refractivity contribution is 6.12. The van der Waals surface area contributed by atoms with Gasteiger partial charge < -0.3 is 36.1 Å². The number of rotatable bonds is 13. The number of hydrogen-bond acceptors (Lipinski definition) is 7. The Hall–Kier alpha value is -3.54. The van der Waals surface area contributed by atoms with Crippen LogP contribution in [-0.4, -0.2) is 49.1 Å².